The van der Waals surface area contributed by atoms with Crippen molar-refractivity contribution in [3.8, 4) is 0 Å². The number of carbonyl (C=O) groups excluding carboxylic acids is 1. The van der Waals surface area contributed by atoms with E-state index >= 15 is 0 Å². The lowest BCUT2D eigenvalue weighted by atomic mass is 10.0. The normalized spacial score (nSPS) is 18.5. The Morgan fingerprint density at radius 2 is 1.88 bits per heavy atom. The van der Waals surface area contributed by atoms with Crippen LogP contribution in [0.25, 0.3) is 0 Å². The fraction of sp³-hybridized carbons (Fsp3) is 0.632. The van der Waals surface area contributed by atoms with Crippen molar-refractivity contribution < 1.29 is 23.9 Å². The minimum Gasteiger partial charge on any atom is -0.464 e. The largest absolute Gasteiger partial charge is 0.464 e. The van der Waals surface area contributed by atoms with Gasteiger partial charge in [0, 0.05) is 25.3 Å². The van der Waals surface area contributed by atoms with Gasteiger partial charge < -0.3 is 14.2 Å². The van der Waals surface area contributed by atoms with Crippen molar-refractivity contribution in [2.75, 3.05) is 26.4 Å². The van der Waals surface area contributed by atoms with E-state index < -0.39 is 10.5 Å². The molecule has 1 aromatic rings. The lowest BCUT2D eigenvalue weighted by Gasteiger charge is -2.10. The van der Waals surface area contributed by atoms with E-state index in [0.29, 0.717) is 32.8 Å². The maximum atomic E-state index is 11.7. The molecule has 1 heterocycles. The monoisotopic (exact) mass is 365 g/mol. The van der Waals surface area contributed by atoms with E-state index in [4.69, 9.17) is 14.2 Å². The molecule has 0 radical (unpaired) electrons. The van der Waals surface area contributed by atoms with Gasteiger partial charge in [-0.1, -0.05) is 18.6 Å². The first-order chi connectivity index (χ1) is 12.6. The number of hydrogen-bond donors (Lipinski definition) is 0. The molecule has 0 amide bonds. The minimum atomic E-state index is -0.665. The predicted molar refractivity (Wildman–Crippen MR) is 96.0 cm³/mol. The second-order valence-corrected chi connectivity index (χ2v) is 6.45. The summed E-state index contributed by atoms with van der Waals surface area (Å²) < 4.78 is 15.9. The molecule has 144 valence electrons. The van der Waals surface area contributed by atoms with E-state index in [-0.39, 0.29) is 11.7 Å². The van der Waals surface area contributed by atoms with Crippen molar-refractivity contribution in [3.63, 3.8) is 0 Å². The minimum absolute atomic E-state index is 0.117. The number of esters is 1. The standard InChI is InChI=1S/C19H27NO6/c1-2-25-18(21)19(15-26-19)12-4-3-5-13-24-14-6-7-16-8-10-17(11-9-16)20(22)23/h8-11H,2-7,12-15H2,1H3. The maximum Gasteiger partial charge on any atom is 0.340 e. The number of hydrogen-bond acceptors (Lipinski definition) is 6. The number of carbonyl (C=O) groups is 1. The molecule has 1 saturated heterocycles. The Hall–Kier alpha value is -1.99. The van der Waals surface area contributed by atoms with Gasteiger partial charge in [0.15, 0.2) is 5.60 Å². The van der Waals surface area contributed by atoms with Crippen LogP contribution in [0.15, 0.2) is 24.3 Å². The van der Waals surface area contributed by atoms with E-state index in [1.54, 1.807) is 19.1 Å². The molecule has 0 aromatic heterocycles. The Labute approximate surface area is 153 Å². The number of nitrogens with zero attached hydrogens (tertiary/aromatic N) is 1. The van der Waals surface area contributed by atoms with Crippen LogP contribution in [0.2, 0.25) is 0 Å². The van der Waals surface area contributed by atoms with Gasteiger partial charge in [-0.25, -0.2) is 4.79 Å². The highest BCUT2D eigenvalue weighted by atomic mass is 16.6. The summed E-state index contributed by atoms with van der Waals surface area (Å²) in [6.45, 7) is 4.04. The van der Waals surface area contributed by atoms with Crippen LogP contribution in [0.1, 0.15) is 44.6 Å². The first kappa shape index (κ1) is 20.3. The third kappa shape index (κ3) is 6.38. The summed E-state index contributed by atoms with van der Waals surface area (Å²) in [5, 5.41) is 10.6. The molecule has 0 N–H and O–H groups in total. The number of nitro benzene ring substituents is 1. The quantitative estimate of drug-likeness (QED) is 0.175. The van der Waals surface area contributed by atoms with Gasteiger partial charge in [0.05, 0.1) is 18.1 Å². The van der Waals surface area contributed by atoms with Crippen molar-refractivity contribution >= 4 is 11.7 Å². The van der Waals surface area contributed by atoms with Crippen molar-refractivity contribution in [1.82, 2.24) is 0 Å². The van der Waals surface area contributed by atoms with Crippen molar-refractivity contribution in [2.45, 2.75) is 51.0 Å². The zero-order valence-electron chi connectivity index (χ0n) is 15.3. The third-order valence-electron chi connectivity index (χ3n) is 4.41. The van der Waals surface area contributed by atoms with Crippen molar-refractivity contribution in [3.05, 3.63) is 39.9 Å². The second kappa shape index (κ2) is 10.2. The summed E-state index contributed by atoms with van der Waals surface area (Å²) in [7, 11) is 0. The number of epoxide rings is 1. The van der Waals surface area contributed by atoms with Gasteiger partial charge in [-0.05, 0) is 44.6 Å². The van der Waals surface area contributed by atoms with Crippen LogP contribution >= 0.6 is 0 Å². The van der Waals surface area contributed by atoms with Crippen LogP contribution in [-0.4, -0.2) is 42.9 Å². The van der Waals surface area contributed by atoms with Gasteiger partial charge in [0.25, 0.3) is 5.69 Å². The number of rotatable bonds is 13. The molecule has 0 saturated carbocycles. The Balaban J connectivity index is 1.46. The van der Waals surface area contributed by atoms with Gasteiger partial charge in [-0.15, -0.1) is 0 Å². The number of aryl methyl sites for hydroxylation is 1. The number of ether oxygens (including phenoxy) is 3. The molecule has 1 aliphatic heterocycles. The van der Waals surface area contributed by atoms with Crippen LogP contribution in [0.5, 0.6) is 0 Å². The Morgan fingerprint density at radius 3 is 2.50 bits per heavy atom. The molecular formula is C19H27NO6. The van der Waals surface area contributed by atoms with Gasteiger partial charge in [-0.3, -0.25) is 10.1 Å². The summed E-state index contributed by atoms with van der Waals surface area (Å²) in [4.78, 5) is 21.9. The second-order valence-electron chi connectivity index (χ2n) is 6.45. The highest BCUT2D eigenvalue weighted by Gasteiger charge is 2.52. The Kier molecular flexibility index (Phi) is 8.00. The molecule has 1 aliphatic rings. The predicted octanol–water partition coefficient (Wildman–Crippen LogP) is 3.44. The van der Waals surface area contributed by atoms with Crippen molar-refractivity contribution in [1.29, 1.82) is 0 Å². The van der Waals surface area contributed by atoms with Crippen LogP contribution in [0, 0.1) is 10.1 Å². The third-order valence-corrected chi connectivity index (χ3v) is 4.41. The highest BCUT2D eigenvalue weighted by Crippen LogP contribution is 2.34. The molecule has 1 aromatic carbocycles. The zero-order chi connectivity index (χ0) is 18.8. The fourth-order valence-corrected chi connectivity index (χ4v) is 2.77. The first-order valence-electron chi connectivity index (χ1n) is 9.19. The average Bonchev–Trinajstić information content (AvgIpc) is 3.42. The molecule has 26 heavy (non-hydrogen) atoms. The molecule has 7 nitrogen and oxygen atoms in total. The van der Waals surface area contributed by atoms with Crippen LogP contribution in [0.3, 0.4) is 0 Å². The number of non-ortho nitro benzene ring substituents is 1. The Bertz CT molecular complexity index is 582. The molecule has 1 fully saturated rings. The fourth-order valence-electron chi connectivity index (χ4n) is 2.77. The van der Waals surface area contributed by atoms with E-state index in [1.165, 1.54) is 12.1 Å². The number of benzene rings is 1. The molecule has 0 aliphatic carbocycles. The molecular weight excluding hydrogens is 338 g/mol. The van der Waals surface area contributed by atoms with Gasteiger partial charge >= 0.3 is 5.97 Å². The number of unbranched alkanes of at least 4 members (excludes halogenated alkanes) is 2. The first-order valence-corrected chi connectivity index (χ1v) is 9.19. The molecule has 1 atom stereocenters. The van der Waals surface area contributed by atoms with Crippen molar-refractivity contribution in [2.24, 2.45) is 0 Å². The molecule has 1 unspecified atom stereocenters. The Morgan fingerprint density at radius 1 is 1.19 bits per heavy atom. The summed E-state index contributed by atoms with van der Waals surface area (Å²) in [5.41, 5.74) is 0.529. The zero-order valence-corrected chi connectivity index (χ0v) is 15.3. The summed E-state index contributed by atoms with van der Waals surface area (Å²) in [6.07, 6.45) is 5.31. The van der Waals surface area contributed by atoms with E-state index in [2.05, 4.69) is 0 Å². The smallest absolute Gasteiger partial charge is 0.340 e. The lowest BCUT2D eigenvalue weighted by Crippen LogP contribution is -2.27. The number of nitro groups is 1. The van der Waals surface area contributed by atoms with Gasteiger partial charge in [0.2, 0.25) is 0 Å². The average molecular weight is 365 g/mol. The molecule has 0 bridgehead atoms. The van der Waals surface area contributed by atoms with E-state index in [0.717, 1.165) is 37.7 Å². The molecule has 0 spiro atoms. The SMILES string of the molecule is CCOC(=O)C1(CCCCCOCCCc2ccc([N+](=O)[O-])cc2)CO1. The van der Waals surface area contributed by atoms with Crippen LogP contribution in [0.4, 0.5) is 5.69 Å². The van der Waals surface area contributed by atoms with Crippen LogP contribution in [-0.2, 0) is 25.4 Å². The topological polar surface area (TPSA) is 91.2 Å². The molecule has 2 rings (SSSR count). The summed E-state index contributed by atoms with van der Waals surface area (Å²) in [5.74, 6) is -0.234. The highest BCUT2D eigenvalue weighted by molar-refractivity contribution is 5.82. The van der Waals surface area contributed by atoms with Gasteiger partial charge in [0.1, 0.15) is 0 Å². The summed E-state index contributed by atoms with van der Waals surface area (Å²) in [6, 6.07) is 6.64. The van der Waals surface area contributed by atoms with E-state index in [1.807, 2.05) is 0 Å². The van der Waals surface area contributed by atoms with E-state index in [9.17, 15) is 14.9 Å². The van der Waals surface area contributed by atoms with Gasteiger partial charge in [-0.2, -0.15) is 0 Å². The van der Waals surface area contributed by atoms with Crippen LogP contribution < -0.4 is 0 Å². The molecule has 7 heteroatoms. The summed E-state index contributed by atoms with van der Waals surface area (Å²) >= 11 is 0. The maximum absolute atomic E-state index is 11.7. The lowest BCUT2D eigenvalue weighted by molar-refractivity contribution is -0.384.